The third-order valence-corrected chi connectivity index (χ3v) is 4.82. The number of hydrogen-bond acceptors (Lipinski definition) is 6. The van der Waals surface area contributed by atoms with E-state index < -0.39 is 23.7 Å². The van der Waals surface area contributed by atoms with Gasteiger partial charge < -0.3 is 19.8 Å². The van der Waals surface area contributed by atoms with Crippen molar-refractivity contribution >= 4 is 5.69 Å². The van der Waals surface area contributed by atoms with Crippen LogP contribution in [-0.4, -0.2) is 35.7 Å². The van der Waals surface area contributed by atoms with Gasteiger partial charge in [0.15, 0.2) is 11.6 Å². The smallest absolute Gasteiger partial charge is 0.400 e. The first kappa shape index (κ1) is 20.2. The summed E-state index contributed by atoms with van der Waals surface area (Å²) in [4.78, 5) is 11.1. The fourth-order valence-electron chi connectivity index (χ4n) is 3.53. The molecular formula is C17H20F4N4O3. The van der Waals surface area contributed by atoms with Gasteiger partial charge in [0.2, 0.25) is 5.89 Å². The van der Waals surface area contributed by atoms with Gasteiger partial charge in [0, 0.05) is 11.6 Å². The van der Waals surface area contributed by atoms with Crippen molar-refractivity contribution in [2.75, 3.05) is 18.4 Å². The molecule has 0 aliphatic carbocycles. The van der Waals surface area contributed by atoms with Crippen LogP contribution in [0.3, 0.4) is 0 Å². The van der Waals surface area contributed by atoms with Crippen LogP contribution in [0.5, 0.6) is 5.75 Å². The van der Waals surface area contributed by atoms with Crippen LogP contribution in [0.15, 0.2) is 21.3 Å². The van der Waals surface area contributed by atoms with Crippen LogP contribution in [0.4, 0.5) is 23.2 Å². The molecule has 0 amide bonds. The van der Waals surface area contributed by atoms with Gasteiger partial charge in [0.1, 0.15) is 0 Å². The number of aromatic amines is 1. The molecule has 28 heavy (non-hydrogen) atoms. The average Bonchev–Trinajstić information content (AvgIpc) is 3.03. The number of H-pyrrole nitrogens is 1. The lowest BCUT2D eigenvalue weighted by molar-refractivity contribution is -0.275. The Balaban J connectivity index is 1.97. The van der Waals surface area contributed by atoms with Crippen LogP contribution in [0.25, 0.3) is 11.5 Å². The number of halogens is 4. The second-order valence-electron chi connectivity index (χ2n) is 6.87. The number of nitrogens with zero attached hydrogens (tertiary/aromatic N) is 1. The van der Waals surface area contributed by atoms with Crippen LogP contribution >= 0.6 is 0 Å². The standard InChI is InChI=1S/C17H20F4N4O3/c1-8-7-22-4-3-11(8)9(2)23-13-6-10(15-24-25-16(26)27-15)5-12(18)14(13)28-17(19,20)21/h5-6,8-9,11,22-23H,3-4,7H2,1-2H3,(H,25,26)/t8-,9+,11+/m1/s1. The van der Waals surface area contributed by atoms with E-state index in [1.54, 1.807) is 0 Å². The molecule has 0 bridgehead atoms. The van der Waals surface area contributed by atoms with E-state index in [0.29, 0.717) is 0 Å². The Labute approximate surface area is 157 Å². The lowest BCUT2D eigenvalue weighted by Crippen LogP contribution is -2.42. The predicted molar refractivity (Wildman–Crippen MR) is 92.4 cm³/mol. The summed E-state index contributed by atoms with van der Waals surface area (Å²) in [6.07, 6.45) is -4.25. The lowest BCUT2D eigenvalue weighted by atomic mass is 9.82. The van der Waals surface area contributed by atoms with E-state index in [9.17, 15) is 22.4 Å². The first-order valence-corrected chi connectivity index (χ1v) is 8.76. The van der Waals surface area contributed by atoms with Crippen molar-refractivity contribution in [3.63, 3.8) is 0 Å². The fraction of sp³-hybridized carbons (Fsp3) is 0.529. The molecule has 0 unspecified atom stereocenters. The minimum absolute atomic E-state index is 0.00145. The normalized spacial score (nSPS) is 21.4. The Kier molecular flexibility index (Phi) is 5.64. The number of anilines is 1. The summed E-state index contributed by atoms with van der Waals surface area (Å²) in [5.74, 6) is -2.89. The lowest BCUT2D eigenvalue weighted by Gasteiger charge is -2.35. The van der Waals surface area contributed by atoms with Gasteiger partial charge in [-0.1, -0.05) is 6.92 Å². The monoisotopic (exact) mass is 404 g/mol. The second kappa shape index (κ2) is 7.82. The topological polar surface area (TPSA) is 92.2 Å². The van der Waals surface area contributed by atoms with Gasteiger partial charge >= 0.3 is 12.1 Å². The van der Waals surface area contributed by atoms with Crippen LogP contribution < -0.4 is 21.1 Å². The molecule has 1 aliphatic heterocycles. The van der Waals surface area contributed by atoms with E-state index >= 15 is 0 Å². The molecule has 1 fully saturated rings. The summed E-state index contributed by atoms with van der Waals surface area (Å²) < 4.78 is 61.5. The molecule has 3 N–H and O–H groups in total. The van der Waals surface area contributed by atoms with E-state index in [-0.39, 0.29) is 35.0 Å². The Bertz CT molecular complexity index is 880. The van der Waals surface area contributed by atoms with Crippen molar-refractivity contribution in [2.24, 2.45) is 11.8 Å². The number of alkyl halides is 3. The zero-order valence-corrected chi connectivity index (χ0v) is 15.2. The average molecular weight is 404 g/mol. The third-order valence-electron chi connectivity index (χ3n) is 4.82. The van der Waals surface area contributed by atoms with Gasteiger partial charge in [-0.3, -0.25) is 0 Å². The highest BCUT2D eigenvalue weighted by Crippen LogP contribution is 2.38. The summed E-state index contributed by atoms with van der Waals surface area (Å²) in [5.41, 5.74) is -0.199. The molecule has 3 rings (SSSR count). The summed E-state index contributed by atoms with van der Waals surface area (Å²) in [6.45, 7) is 5.44. The molecule has 0 spiro atoms. The van der Waals surface area contributed by atoms with Crippen LogP contribution in [0.2, 0.25) is 0 Å². The number of ether oxygens (including phenoxy) is 1. The van der Waals surface area contributed by atoms with Crippen molar-refractivity contribution in [1.29, 1.82) is 0 Å². The number of rotatable bonds is 5. The zero-order valence-electron chi connectivity index (χ0n) is 15.2. The van der Waals surface area contributed by atoms with E-state index in [1.807, 2.05) is 18.9 Å². The van der Waals surface area contributed by atoms with E-state index in [2.05, 4.69) is 20.5 Å². The highest BCUT2D eigenvalue weighted by atomic mass is 19.4. The van der Waals surface area contributed by atoms with Crippen LogP contribution in [0, 0.1) is 17.7 Å². The molecule has 154 valence electrons. The summed E-state index contributed by atoms with van der Waals surface area (Å²) in [6, 6.07) is 1.72. The summed E-state index contributed by atoms with van der Waals surface area (Å²) >= 11 is 0. The van der Waals surface area contributed by atoms with Crippen molar-refractivity contribution in [3.8, 4) is 17.2 Å². The molecule has 11 heteroatoms. The molecule has 1 aromatic carbocycles. The maximum absolute atomic E-state index is 14.5. The first-order valence-electron chi connectivity index (χ1n) is 8.76. The minimum Gasteiger partial charge on any atom is -0.400 e. The quantitative estimate of drug-likeness (QED) is 0.664. The van der Waals surface area contributed by atoms with Crippen molar-refractivity contribution in [1.82, 2.24) is 15.5 Å². The van der Waals surface area contributed by atoms with Crippen molar-refractivity contribution in [3.05, 3.63) is 28.5 Å². The minimum atomic E-state index is -5.07. The molecule has 2 aromatic rings. The Morgan fingerprint density at radius 1 is 1.39 bits per heavy atom. The molecule has 7 nitrogen and oxygen atoms in total. The maximum atomic E-state index is 14.5. The van der Waals surface area contributed by atoms with Crippen LogP contribution in [0.1, 0.15) is 20.3 Å². The SMILES string of the molecule is C[C@@H]1CNCC[C@@H]1[C@H](C)Nc1cc(-c2n[nH]c(=O)o2)cc(F)c1OC(F)(F)F. The van der Waals surface area contributed by atoms with Gasteiger partial charge in [-0.05, 0) is 50.4 Å². The number of piperidine rings is 1. The predicted octanol–water partition coefficient (Wildman–Crippen LogP) is 3.11. The maximum Gasteiger partial charge on any atom is 0.573 e. The van der Waals surface area contributed by atoms with Crippen molar-refractivity contribution in [2.45, 2.75) is 32.7 Å². The molecule has 2 heterocycles. The third kappa shape index (κ3) is 4.64. The highest BCUT2D eigenvalue weighted by Gasteiger charge is 2.35. The van der Waals surface area contributed by atoms with Gasteiger partial charge in [-0.25, -0.2) is 14.3 Å². The molecule has 0 radical (unpaired) electrons. The first-order chi connectivity index (χ1) is 13.1. The number of benzene rings is 1. The number of aromatic nitrogens is 2. The van der Waals surface area contributed by atoms with Gasteiger partial charge in [-0.2, -0.15) is 0 Å². The van der Waals surface area contributed by atoms with Crippen molar-refractivity contribution < 1.29 is 26.7 Å². The van der Waals surface area contributed by atoms with E-state index in [4.69, 9.17) is 4.42 Å². The summed E-state index contributed by atoms with van der Waals surface area (Å²) in [5, 5.41) is 11.8. The molecular weight excluding hydrogens is 384 g/mol. The second-order valence-corrected chi connectivity index (χ2v) is 6.87. The van der Waals surface area contributed by atoms with E-state index in [0.717, 1.165) is 25.6 Å². The largest absolute Gasteiger partial charge is 0.573 e. The van der Waals surface area contributed by atoms with E-state index in [1.165, 1.54) is 6.07 Å². The number of hydrogen-bond donors (Lipinski definition) is 3. The molecule has 1 aromatic heterocycles. The fourth-order valence-corrected chi connectivity index (χ4v) is 3.53. The summed E-state index contributed by atoms with van der Waals surface area (Å²) in [7, 11) is 0. The zero-order chi connectivity index (χ0) is 20.5. The highest BCUT2D eigenvalue weighted by molar-refractivity contribution is 5.68. The van der Waals surface area contributed by atoms with Crippen LogP contribution in [-0.2, 0) is 0 Å². The molecule has 1 saturated heterocycles. The van der Waals surface area contributed by atoms with Gasteiger partial charge in [-0.15, -0.1) is 18.3 Å². The van der Waals surface area contributed by atoms with Gasteiger partial charge in [0.05, 0.1) is 5.69 Å². The number of nitrogens with one attached hydrogen (secondary N) is 3. The van der Waals surface area contributed by atoms with Gasteiger partial charge in [0.25, 0.3) is 0 Å². The molecule has 1 aliphatic rings. The Morgan fingerprint density at radius 2 is 2.14 bits per heavy atom. The Hall–Kier alpha value is -2.56. The molecule has 0 saturated carbocycles. The Morgan fingerprint density at radius 3 is 2.75 bits per heavy atom. The molecule has 3 atom stereocenters.